The molecule has 0 aromatic heterocycles. The lowest BCUT2D eigenvalue weighted by molar-refractivity contribution is 0.289. The molecule has 4 N–H and O–H groups in total. The van der Waals surface area contributed by atoms with Crippen molar-refractivity contribution in [2.75, 3.05) is 6.61 Å². The minimum Gasteiger partial charge on any atom is -0.396 e. The molecule has 0 radical (unpaired) electrons. The Balaban J connectivity index is 0. The number of unbranched alkanes of at least 4 members (excludes halogenated alkanes) is 1. The Kier molecular flexibility index (Phi) is 13.6. The van der Waals surface area contributed by atoms with Crippen LogP contribution >= 0.6 is 0 Å². The highest BCUT2D eigenvalue weighted by molar-refractivity contribution is 4.99. The highest BCUT2D eigenvalue weighted by Gasteiger charge is 2.03. The van der Waals surface area contributed by atoms with E-state index in [0.717, 1.165) is 12.8 Å². The highest BCUT2D eigenvalue weighted by atomic mass is 16.4. The molecule has 0 aliphatic carbocycles. The van der Waals surface area contributed by atoms with Crippen LogP contribution in [0.5, 0.6) is 0 Å². The lowest BCUT2D eigenvalue weighted by Gasteiger charge is -2.08. The summed E-state index contributed by atoms with van der Waals surface area (Å²) in [7, 11) is 0. The van der Waals surface area contributed by atoms with Crippen molar-refractivity contribution in [1.29, 1.82) is 0 Å². The lowest BCUT2D eigenvalue weighted by atomic mass is 9.96. The molecular weight excluding hydrogens is 178 g/mol. The van der Waals surface area contributed by atoms with Gasteiger partial charge < -0.3 is 10.3 Å². The summed E-state index contributed by atoms with van der Waals surface area (Å²) < 4.78 is 0. The van der Waals surface area contributed by atoms with E-state index in [1.165, 1.54) is 0 Å². The summed E-state index contributed by atoms with van der Waals surface area (Å²) in [6.07, 6.45) is 11.3. The molecule has 82 valence electrons. The topological polar surface area (TPSA) is 66.5 Å². The molecule has 0 fully saturated rings. The maximum atomic E-state index is 8.52. The van der Waals surface area contributed by atoms with Gasteiger partial charge in [-0.3, -0.25) is 0 Å². The first-order valence-corrected chi connectivity index (χ1v) is 4.71. The van der Waals surface area contributed by atoms with Gasteiger partial charge in [0.15, 0.2) is 0 Å². The first-order valence-electron chi connectivity index (χ1n) is 4.71. The lowest BCUT2D eigenvalue weighted by Crippen LogP contribution is -2.01. The minimum atomic E-state index is 0.267. The summed E-state index contributed by atoms with van der Waals surface area (Å²) in [4.78, 5) is 0. The largest absolute Gasteiger partial charge is 0.396 e. The number of aliphatic hydroxyl groups is 1. The second kappa shape index (κ2) is 12.2. The van der Waals surface area contributed by atoms with Crippen molar-refractivity contribution in [1.82, 2.24) is 0 Å². The molecule has 0 spiro atoms. The van der Waals surface area contributed by atoms with Crippen molar-refractivity contribution < 1.29 is 10.3 Å². The van der Waals surface area contributed by atoms with Gasteiger partial charge >= 0.3 is 0 Å². The molecule has 0 aromatic carbocycles. The molecule has 0 rings (SSSR count). The molecule has 0 saturated heterocycles. The minimum absolute atomic E-state index is 0.267. The number of allylic oxidation sites excluding steroid dienone is 2. The van der Waals surface area contributed by atoms with Gasteiger partial charge in [0.25, 0.3) is 0 Å². The van der Waals surface area contributed by atoms with Crippen LogP contribution in [0.15, 0.2) is 12.2 Å². The quantitative estimate of drug-likeness (QED) is 0.272. The molecule has 3 heteroatoms. The number of nitrogens with two attached hydrogens (primary N) is 1. The van der Waals surface area contributed by atoms with E-state index in [-0.39, 0.29) is 6.61 Å². The van der Waals surface area contributed by atoms with Crippen LogP contribution in [-0.2, 0) is 0 Å². The summed E-state index contributed by atoms with van der Waals surface area (Å²) in [6.45, 7) is 4.42. The molecule has 0 aromatic rings. The average molecular weight is 199 g/mol. The Hall–Kier alpha value is -0.820. The maximum absolute atomic E-state index is 8.52. The summed E-state index contributed by atoms with van der Waals surface area (Å²) in [5, 5.41) is 15.0. The molecule has 3 nitrogen and oxygen atoms in total. The zero-order valence-electron chi connectivity index (χ0n) is 8.98. The van der Waals surface area contributed by atoms with E-state index in [2.05, 4.69) is 30.9 Å². The Bertz CT molecular complexity index is 173. The fraction of sp³-hybridized carbons (Fsp3) is 0.636. The fourth-order valence-corrected chi connectivity index (χ4v) is 0.838. The number of terminal acetylenes is 1. The fourth-order valence-electron chi connectivity index (χ4n) is 0.838. The highest BCUT2D eigenvalue weighted by Crippen LogP contribution is 2.11. The van der Waals surface area contributed by atoms with E-state index in [9.17, 15) is 0 Å². The summed E-state index contributed by atoms with van der Waals surface area (Å²) in [6, 6.07) is 0. The van der Waals surface area contributed by atoms with Crippen LogP contribution < -0.4 is 5.90 Å². The van der Waals surface area contributed by atoms with E-state index in [4.69, 9.17) is 16.7 Å². The predicted molar refractivity (Wildman–Crippen MR) is 58.6 cm³/mol. The molecule has 0 heterocycles. The Morgan fingerprint density at radius 1 is 1.43 bits per heavy atom. The van der Waals surface area contributed by atoms with Crippen molar-refractivity contribution in [3.8, 4) is 12.3 Å². The van der Waals surface area contributed by atoms with Crippen molar-refractivity contribution in [2.45, 2.75) is 26.7 Å². The van der Waals surface area contributed by atoms with Crippen molar-refractivity contribution in [2.24, 2.45) is 17.7 Å². The number of aliphatic hydroxyl groups excluding tert-OH is 1. The van der Waals surface area contributed by atoms with Gasteiger partial charge in [-0.2, -0.15) is 0 Å². The molecule has 0 aliphatic heterocycles. The number of hydrogen-bond acceptors (Lipinski definition) is 3. The van der Waals surface area contributed by atoms with Crippen LogP contribution in [0, 0.1) is 24.2 Å². The molecule has 0 amide bonds. The smallest absolute Gasteiger partial charge is 0.0433 e. The third-order valence-electron chi connectivity index (χ3n) is 2.02. The normalized spacial score (nSPS) is 14.0. The zero-order valence-corrected chi connectivity index (χ0v) is 8.98. The maximum Gasteiger partial charge on any atom is 0.0433 e. The van der Waals surface area contributed by atoms with Crippen LogP contribution in [0.4, 0.5) is 0 Å². The van der Waals surface area contributed by atoms with E-state index in [1.807, 2.05) is 6.92 Å². The molecule has 2 unspecified atom stereocenters. The number of rotatable bonds is 5. The van der Waals surface area contributed by atoms with Gasteiger partial charge in [0.2, 0.25) is 0 Å². The van der Waals surface area contributed by atoms with Crippen LogP contribution in [0.25, 0.3) is 0 Å². The van der Waals surface area contributed by atoms with E-state index in [1.54, 1.807) is 0 Å². The molecule has 0 bridgehead atoms. The average Bonchev–Trinajstić information content (AvgIpc) is 2.25. The van der Waals surface area contributed by atoms with Crippen LogP contribution in [-0.4, -0.2) is 16.9 Å². The molecule has 0 aliphatic rings. The number of hydrogen-bond donors (Lipinski definition) is 3. The summed E-state index contributed by atoms with van der Waals surface area (Å²) in [5.41, 5.74) is 0. The van der Waals surface area contributed by atoms with Gasteiger partial charge in [-0.05, 0) is 18.8 Å². The molecular formula is C11H21NO2. The third-order valence-corrected chi connectivity index (χ3v) is 2.02. The summed E-state index contributed by atoms with van der Waals surface area (Å²) in [5.74, 6) is 6.94. The molecule has 2 atom stereocenters. The van der Waals surface area contributed by atoms with Crippen molar-refractivity contribution in [3.63, 3.8) is 0 Å². The van der Waals surface area contributed by atoms with Gasteiger partial charge in [-0.25, -0.2) is 5.90 Å². The van der Waals surface area contributed by atoms with E-state index in [0.29, 0.717) is 11.8 Å². The van der Waals surface area contributed by atoms with Crippen LogP contribution in [0.3, 0.4) is 0 Å². The standard InChI is InChI=1S/C11H18O.H3NO/c1-4-10(2)11(3)8-6-5-7-9-12;1-2/h1,6,8,10-12H,5,7,9H2,2-3H3;2H,1H2/b8-6+;. The van der Waals surface area contributed by atoms with Crippen molar-refractivity contribution in [3.05, 3.63) is 12.2 Å². The van der Waals surface area contributed by atoms with Gasteiger partial charge in [-0.15, -0.1) is 12.3 Å². The molecule has 0 saturated carbocycles. The van der Waals surface area contributed by atoms with Crippen LogP contribution in [0.2, 0.25) is 0 Å². The van der Waals surface area contributed by atoms with Gasteiger partial charge in [0.1, 0.15) is 0 Å². The Labute approximate surface area is 86.6 Å². The SMILES string of the molecule is C#CC(C)C(C)/C=C/CCCO.NO. The Morgan fingerprint density at radius 3 is 2.43 bits per heavy atom. The first kappa shape index (κ1) is 15.6. The molecule has 14 heavy (non-hydrogen) atoms. The Morgan fingerprint density at radius 2 is 2.00 bits per heavy atom. The first-order chi connectivity index (χ1) is 6.72. The second-order valence-corrected chi connectivity index (χ2v) is 3.11. The predicted octanol–water partition coefficient (Wildman–Crippen LogP) is 1.55. The van der Waals surface area contributed by atoms with E-state index >= 15 is 0 Å². The van der Waals surface area contributed by atoms with E-state index < -0.39 is 0 Å². The summed E-state index contributed by atoms with van der Waals surface area (Å²) >= 11 is 0. The third kappa shape index (κ3) is 9.27. The van der Waals surface area contributed by atoms with Crippen LogP contribution in [0.1, 0.15) is 26.7 Å². The second-order valence-electron chi connectivity index (χ2n) is 3.11. The van der Waals surface area contributed by atoms with Crippen molar-refractivity contribution >= 4 is 0 Å². The monoisotopic (exact) mass is 199 g/mol. The van der Waals surface area contributed by atoms with Gasteiger partial charge in [-0.1, -0.05) is 26.0 Å². The van der Waals surface area contributed by atoms with Gasteiger partial charge in [0, 0.05) is 12.5 Å². The van der Waals surface area contributed by atoms with Gasteiger partial charge in [0.05, 0.1) is 0 Å². The zero-order chi connectivity index (χ0) is 11.4.